The number of nitrogens with zero attached hydrogens (tertiary/aromatic N) is 5. The molecule has 5 N–H and O–H groups in total. The van der Waals surface area contributed by atoms with Crippen LogP contribution < -0.4 is 0 Å². The third kappa shape index (κ3) is 12.8. The monoisotopic (exact) mass is 417 g/mol. The number of carboxylic acid groups (broad SMARTS) is 5. The van der Waals surface area contributed by atoms with Crippen molar-refractivity contribution in [2.75, 3.05) is 32.7 Å². The average Bonchev–Trinajstić information content (AvgIpc) is 2.57. The lowest BCUT2D eigenvalue weighted by molar-refractivity contribution is -0.928. The second-order valence-electron chi connectivity index (χ2n) is 4.93. The van der Waals surface area contributed by atoms with Gasteiger partial charge in [-0.05, 0) is 0 Å². The third-order valence-electron chi connectivity index (χ3n) is 2.71. The van der Waals surface area contributed by atoms with Crippen LogP contribution in [0.2, 0.25) is 0 Å². The van der Waals surface area contributed by atoms with Crippen LogP contribution in [0.4, 0.5) is 0 Å². The van der Waals surface area contributed by atoms with Crippen LogP contribution in [0.3, 0.4) is 0 Å². The molecule has 0 aromatic rings. The summed E-state index contributed by atoms with van der Waals surface area (Å²) >= 11 is 0. The quantitative estimate of drug-likeness (QED) is 0.108. The highest BCUT2D eigenvalue weighted by atomic mass is 16.4. The standard InChI is InChI=1S/C14H17N5O10/c20-10(21)5-15-1-3-17(7-12(24)25)19(9-14(28)29)18(8-13(26)27)4-2-16-6-11(22)23/h5-8H,1-4,9H2,(H3-2,20,21,22,23,24,25,26,27,28,29)/p+2. The molecule has 0 rings (SSSR count). The van der Waals surface area contributed by atoms with Crippen LogP contribution in [0.5, 0.6) is 0 Å². The molecule has 15 nitrogen and oxygen atoms in total. The predicted molar refractivity (Wildman–Crippen MR) is 94.0 cm³/mol. The molecule has 0 spiro atoms. The van der Waals surface area contributed by atoms with E-state index in [1.165, 1.54) is 0 Å². The molecule has 0 aromatic carbocycles. The van der Waals surface area contributed by atoms with E-state index in [0.717, 1.165) is 14.5 Å². The van der Waals surface area contributed by atoms with E-state index in [-0.39, 0.29) is 26.2 Å². The molecule has 15 heteroatoms. The molecule has 0 aliphatic carbocycles. The number of hydrogen-bond donors (Lipinski definition) is 5. The third-order valence-corrected chi connectivity index (χ3v) is 2.71. The number of hydrazone groups is 2. The largest absolute Gasteiger partial charge is 0.480 e. The summed E-state index contributed by atoms with van der Waals surface area (Å²) in [6, 6.07) is 0. The van der Waals surface area contributed by atoms with E-state index in [2.05, 4.69) is 9.98 Å². The van der Waals surface area contributed by atoms with Crippen molar-refractivity contribution in [3.05, 3.63) is 0 Å². The number of carboxylic acids is 5. The van der Waals surface area contributed by atoms with Gasteiger partial charge in [0.15, 0.2) is 13.1 Å². The highest BCUT2D eigenvalue weighted by molar-refractivity contribution is 6.22. The van der Waals surface area contributed by atoms with Crippen molar-refractivity contribution >= 4 is 54.7 Å². The van der Waals surface area contributed by atoms with Crippen molar-refractivity contribution in [3.8, 4) is 0 Å². The first-order valence-electron chi connectivity index (χ1n) is 7.66. The Balaban J connectivity index is 5.87. The van der Waals surface area contributed by atoms with Gasteiger partial charge in [-0.3, -0.25) is 9.98 Å². The Morgan fingerprint density at radius 1 is 0.690 bits per heavy atom. The van der Waals surface area contributed by atoms with E-state index in [1.807, 2.05) is 0 Å². The zero-order chi connectivity index (χ0) is 22.4. The van der Waals surface area contributed by atoms with Gasteiger partial charge in [-0.2, -0.15) is 0 Å². The molecule has 0 heterocycles. The minimum Gasteiger partial charge on any atom is -0.480 e. The van der Waals surface area contributed by atoms with E-state index in [9.17, 15) is 24.0 Å². The Kier molecular flexibility index (Phi) is 11.2. The minimum atomic E-state index is -1.50. The second kappa shape index (κ2) is 13.1. The fourth-order valence-electron chi connectivity index (χ4n) is 1.80. The molecule has 0 amide bonds. The van der Waals surface area contributed by atoms with Gasteiger partial charge in [0, 0.05) is 0 Å². The van der Waals surface area contributed by atoms with Crippen molar-refractivity contribution in [3.63, 3.8) is 0 Å². The summed E-state index contributed by atoms with van der Waals surface area (Å²) in [4.78, 5) is 61.3. The van der Waals surface area contributed by atoms with Crippen LogP contribution in [-0.2, 0) is 24.0 Å². The molecule has 0 aliphatic rings. The first-order chi connectivity index (χ1) is 13.5. The Morgan fingerprint density at radius 3 is 1.34 bits per heavy atom. The minimum absolute atomic E-state index is 0.260. The van der Waals surface area contributed by atoms with Crippen LogP contribution in [0.1, 0.15) is 0 Å². The first-order valence-corrected chi connectivity index (χ1v) is 7.66. The maximum Gasteiger partial charge on any atom is 0.395 e. The number of aliphatic imine (C=N–C) groups is 2. The average molecular weight is 417 g/mol. The SMILES string of the molecule is O=C(O)C=NCC[N+](=CC(=O)O)N(CC(=O)O)[N+](=CC(=O)O)CCN=CC(=O)O. The Hall–Kier alpha value is -4.17. The van der Waals surface area contributed by atoms with Gasteiger partial charge in [-0.1, -0.05) is 9.37 Å². The van der Waals surface area contributed by atoms with E-state index in [4.69, 9.17) is 25.5 Å². The molecule has 158 valence electrons. The van der Waals surface area contributed by atoms with Crippen LogP contribution in [0, 0.1) is 0 Å². The summed E-state index contributed by atoms with van der Waals surface area (Å²) in [5.74, 6) is -7.14. The van der Waals surface area contributed by atoms with Crippen LogP contribution in [-0.4, -0.2) is 127 Å². The van der Waals surface area contributed by atoms with E-state index in [1.54, 1.807) is 0 Å². The van der Waals surface area contributed by atoms with Crippen molar-refractivity contribution in [1.82, 2.24) is 5.12 Å². The smallest absolute Gasteiger partial charge is 0.395 e. The lowest BCUT2D eigenvalue weighted by Gasteiger charge is -2.14. The summed E-state index contributed by atoms with van der Waals surface area (Å²) in [5, 5.41) is 44.9. The van der Waals surface area contributed by atoms with Crippen molar-refractivity contribution < 1.29 is 58.9 Å². The van der Waals surface area contributed by atoms with Gasteiger partial charge in [0.25, 0.3) is 12.4 Å². The lowest BCUT2D eigenvalue weighted by atomic mass is 10.5. The Bertz CT molecular complexity index is 715. The van der Waals surface area contributed by atoms with Crippen LogP contribution in [0.25, 0.3) is 0 Å². The van der Waals surface area contributed by atoms with Crippen molar-refractivity contribution in [2.24, 2.45) is 9.98 Å². The Morgan fingerprint density at radius 2 is 1.07 bits per heavy atom. The second-order valence-corrected chi connectivity index (χ2v) is 4.93. The van der Waals surface area contributed by atoms with Gasteiger partial charge >= 0.3 is 29.8 Å². The number of aliphatic carboxylic acids is 5. The molecule has 29 heavy (non-hydrogen) atoms. The Labute approximate surface area is 162 Å². The summed E-state index contributed by atoms with van der Waals surface area (Å²) in [6.45, 7) is -2.02. The normalized spacial score (nSPS) is 12.3. The number of rotatable bonds is 14. The number of hydrogen-bond acceptors (Lipinski definition) is 8. The van der Waals surface area contributed by atoms with Gasteiger partial charge in [-0.15, -0.1) is 0 Å². The maximum absolute atomic E-state index is 11.2. The topological polar surface area (TPSA) is 220 Å². The predicted octanol–water partition coefficient (Wildman–Crippen LogP) is -3.15. The molecule has 0 unspecified atom stereocenters. The molecular formula is C14H19N5O10+2. The number of hydrazine groups is 2. The fraction of sp³-hybridized carbons (Fsp3) is 0.357. The molecule has 0 bridgehead atoms. The van der Waals surface area contributed by atoms with Gasteiger partial charge in [0.05, 0.1) is 5.12 Å². The summed E-state index contributed by atoms with van der Waals surface area (Å²) in [5.41, 5.74) is 0. The van der Waals surface area contributed by atoms with Gasteiger partial charge in [0.2, 0.25) is 6.54 Å². The molecule has 0 atom stereocenters. The van der Waals surface area contributed by atoms with Gasteiger partial charge in [-0.25, -0.2) is 24.0 Å². The van der Waals surface area contributed by atoms with E-state index >= 15 is 0 Å². The van der Waals surface area contributed by atoms with Gasteiger partial charge in [0.1, 0.15) is 25.5 Å². The highest BCUT2D eigenvalue weighted by Crippen LogP contribution is 1.95. The number of carbonyl (C=O) groups is 5. The fourth-order valence-corrected chi connectivity index (χ4v) is 1.80. The highest BCUT2D eigenvalue weighted by Gasteiger charge is 2.32. The van der Waals surface area contributed by atoms with E-state index < -0.39 is 36.4 Å². The van der Waals surface area contributed by atoms with Gasteiger partial charge < -0.3 is 25.5 Å². The first kappa shape index (κ1) is 24.8. The van der Waals surface area contributed by atoms with Crippen molar-refractivity contribution in [1.29, 1.82) is 0 Å². The molecule has 0 saturated heterocycles. The molecule has 0 aromatic heterocycles. The summed E-state index contributed by atoms with van der Waals surface area (Å²) in [6.07, 6.45) is 2.20. The molecule has 0 radical (unpaired) electrons. The molecular weight excluding hydrogens is 398 g/mol. The summed E-state index contributed by atoms with van der Waals surface area (Å²) < 4.78 is 1.63. The van der Waals surface area contributed by atoms with Crippen LogP contribution in [0.15, 0.2) is 9.98 Å². The maximum atomic E-state index is 11.2. The lowest BCUT2D eigenvalue weighted by Crippen LogP contribution is -2.50. The summed E-state index contributed by atoms with van der Waals surface area (Å²) in [7, 11) is 0. The zero-order valence-corrected chi connectivity index (χ0v) is 14.9. The molecule has 0 fully saturated rings. The molecule has 0 aliphatic heterocycles. The zero-order valence-electron chi connectivity index (χ0n) is 14.9. The molecule has 0 saturated carbocycles. The van der Waals surface area contributed by atoms with Crippen molar-refractivity contribution in [2.45, 2.75) is 0 Å². The van der Waals surface area contributed by atoms with Crippen LogP contribution >= 0.6 is 0 Å². The van der Waals surface area contributed by atoms with E-state index in [0.29, 0.717) is 24.9 Å².